The van der Waals surface area contributed by atoms with Gasteiger partial charge in [-0.1, -0.05) is 41.4 Å². The van der Waals surface area contributed by atoms with Gasteiger partial charge in [-0.05, 0) is 24.3 Å². The van der Waals surface area contributed by atoms with Crippen molar-refractivity contribution in [3.8, 4) is 5.75 Å². The van der Waals surface area contributed by atoms with Crippen LogP contribution < -0.4 is 10.2 Å². The van der Waals surface area contributed by atoms with Gasteiger partial charge in [0.2, 0.25) is 0 Å². The predicted molar refractivity (Wildman–Crippen MR) is 84.5 cm³/mol. The summed E-state index contributed by atoms with van der Waals surface area (Å²) in [6, 6.07) is 12.0. The smallest absolute Gasteiger partial charge is 0.275 e. The van der Waals surface area contributed by atoms with Crippen molar-refractivity contribution in [1.82, 2.24) is 5.43 Å². The van der Waals surface area contributed by atoms with Crippen LogP contribution in [-0.4, -0.2) is 19.2 Å². The summed E-state index contributed by atoms with van der Waals surface area (Å²) in [5.74, 6) is 0.0906. The molecule has 0 bridgehead atoms. The lowest BCUT2D eigenvalue weighted by molar-refractivity contribution is 0.0952. The van der Waals surface area contributed by atoms with Crippen LogP contribution in [0.3, 0.4) is 0 Å². The Hall–Kier alpha value is -2.04. The maximum Gasteiger partial charge on any atom is 0.275 e. The second-order valence-corrected chi connectivity index (χ2v) is 4.85. The quantitative estimate of drug-likeness (QED) is 0.688. The summed E-state index contributed by atoms with van der Waals surface area (Å²) in [7, 11) is 1.50. The molecule has 0 heterocycles. The van der Waals surface area contributed by atoms with Gasteiger partial charge in [0.25, 0.3) is 5.91 Å². The second kappa shape index (κ2) is 7.11. The second-order valence-electron chi connectivity index (χ2n) is 4.03. The van der Waals surface area contributed by atoms with Crippen LogP contribution >= 0.6 is 23.2 Å². The molecule has 2 aromatic carbocycles. The predicted octanol–water partition coefficient (Wildman–Crippen LogP) is 3.77. The van der Waals surface area contributed by atoms with Gasteiger partial charge in [0.15, 0.2) is 0 Å². The summed E-state index contributed by atoms with van der Waals surface area (Å²) >= 11 is 12.0. The Kier molecular flexibility index (Phi) is 5.20. The van der Waals surface area contributed by atoms with Crippen molar-refractivity contribution in [3.63, 3.8) is 0 Å². The molecule has 0 saturated carbocycles. The van der Waals surface area contributed by atoms with Gasteiger partial charge in [0, 0.05) is 5.56 Å². The fourth-order valence-electron chi connectivity index (χ4n) is 1.68. The summed E-state index contributed by atoms with van der Waals surface area (Å²) in [6.45, 7) is 0. The van der Waals surface area contributed by atoms with Crippen molar-refractivity contribution in [1.29, 1.82) is 0 Å². The highest BCUT2D eigenvalue weighted by Gasteiger charge is 2.10. The molecule has 0 fully saturated rings. The van der Waals surface area contributed by atoms with E-state index in [1.165, 1.54) is 13.3 Å². The highest BCUT2D eigenvalue weighted by molar-refractivity contribution is 6.38. The Labute approximate surface area is 132 Å². The Morgan fingerprint density at radius 1 is 1.14 bits per heavy atom. The van der Waals surface area contributed by atoms with E-state index in [0.717, 1.165) is 0 Å². The molecule has 21 heavy (non-hydrogen) atoms. The number of rotatable bonds is 4. The molecule has 0 radical (unpaired) electrons. The molecular formula is C15H12Cl2N2O2. The zero-order valence-corrected chi connectivity index (χ0v) is 12.7. The summed E-state index contributed by atoms with van der Waals surface area (Å²) in [6.07, 6.45) is 1.40. The van der Waals surface area contributed by atoms with E-state index in [1.54, 1.807) is 42.5 Å². The minimum absolute atomic E-state index is 0.383. The monoisotopic (exact) mass is 322 g/mol. The number of benzene rings is 2. The largest absolute Gasteiger partial charge is 0.496 e. The lowest BCUT2D eigenvalue weighted by Crippen LogP contribution is -2.18. The van der Waals surface area contributed by atoms with Crippen molar-refractivity contribution in [2.75, 3.05) is 7.11 Å². The van der Waals surface area contributed by atoms with E-state index in [0.29, 0.717) is 26.9 Å². The van der Waals surface area contributed by atoms with Gasteiger partial charge in [-0.2, -0.15) is 5.10 Å². The van der Waals surface area contributed by atoms with Crippen molar-refractivity contribution in [2.45, 2.75) is 0 Å². The van der Waals surface area contributed by atoms with E-state index in [2.05, 4.69) is 10.5 Å². The number of nitrogens with zero attached hydrogens (tertiary/aromatic N) is 1. The topological polar surface area (TPSA) is 50.7 Å². The Bertz CT molecular complexity index is 667. The molecule has 1 N–H and O–H groups in total. The number of hydrazone groups is 1. The Morgan fingerprint density at radius 2 is 1.81 bits per heavy atom. The first-order chi connectivity index (χ1) is 10.1. The number of carbonyl (C=O) groups excluding carboxylic acids is 1. The molecule has 6 heteroatoms. The molecule has 2 aromatic rings. The molecule has 108 valence electrons. The first-order valence-corrected chi connectivity index (χ1v) is 6.79. The van der Waals surface area contributed by atoms with E-state index < -0.39 is 0 Å². The van der Waals surface area contributed by atoms with Crippen LogP contribution in [0.25, 0.3) is 0 Å². The summed E-state index contributed by atoms with van der Waals surface area (Å²) in [5, 5.41) is 4.78. The zero-order chi connectivity index (χ0) is 15.2. The molecule has 0 saturated heterocycles. The maximum absolute atomic E-state index is 12.0. The van der Waals surface area contributed by atoms with E-state index in [9.17, 15) is 4.79 Å². The highest BCUT2D eigenvalue weighted by atomic mass is 35.5. The average molecular weight is 323 g/mol. The van der Waals surface area contributed by atoms with E-state index in [4.69, 9.17) is 27.9 Å². The number of carbonyl (C=O) groups is 1. The molecule has 0 aliphatic heterocycles. The zero-order valence-electron chi connectivity index (χ0n) is 11.1. The summed E-state index contributed by atoms with van der Waals surface area (Å²) in [5.41, 5.74) is 3.34. The number of nitrogens with one attached hydrogen (secondary N) is 1. The summed E-state index contributed by atoms with van der Waals surface area (Å²) < 4.78 is 5.11. The van der Waals surface area contributed by atoms with Crippen molar-refractivity contribution >= 4 is 35.3 Å². The van der Waals surface area contributed by atoms with Crippen molar-refractivity contribution in [3.05, 3.63) is 63.6 Å². The van der Waals surface area contributed by atoms with Gasteiger partial charge in [0.05, 0.1) is 28.9 Å². The fraction of sp³-hybridized carbons (Fsp3) is 0.0667. The lowest BCUT2D eigenvalue weighted by Gasteiger charge is -2.06. The van der Waals surface area contributed by atoms with Crippen LogP contribution in [0.5, 0.6) is 5.75 Å². The van der Waals surface area contributed by atoms with Crippen LogP contribution in [-0.2, 0) is 0 Å². The van der Waals surface area contributed by atoms with Gasteiger partial charge in [0.1, 0.15) is 5.75 Å². The number of amides is 1. The van der Waals surface area contributed by atoms with E-state index >= 15 is 0 Å². The number of methoxy groups -OCH3 is 1. The van der Waals surface area contributed by atoms with Crippen LogP contribution in [0, 0.1) is 0 Å². The molecule has 0 aliphatic rings. The summed E-state index contributed by atoms with van der Waals surface area (Å²) in [4.78, 5) is 12.0. The van der Waals surface area contributed by atoms with E-state index in [-0.39, 0.29) is 5.91 Å². The van der Waals surface area contributed by atoms with Gasteiger partial charge >= 0.3 is 0 Å². The SMILES string of the molecule is COc1ccccc1C(=O)NN=Cc1c(Cl)cccc1Cl. The number of para-hydroxylation sites is 1. The van der Waals surface area contributed by atoms with Crippen LogP contribution in [0.1, 0.15) is 15.9 Å². The minimum Gasteiger partial charge on any atom is -0.496 e. The standard InChI is InChI=1S/C15H12Cl2N2O2/c1-21-14-8-3-2-5-10(14)15(20)19-18-9-11-12(16)6-4-7-13(11)17/h2-9H,1H3,(H,19,20). The number of hydrogen-bond donors (Lipinski definition) is 1. The van der Waals surface area contributed by atoms with Gasteiger partial charge in [-0.15, -0.1) is 0 Å². The molecular weight excluding hydrogens is 311 g/mol. The fourth-order valence-corrected chi connectivity index (χ4v) is 2.18. The van der Waals surface area contributed by atoms with Gasteiger partial charge in [-0.3, -0.25) is 4.79 Å². The number of ether oxygens (including phenoxy) is 1. The molecule has 4 nitrogen and oxygen atoms in total. The van der Waals surface area contributed by atoms with E-state index in [1.807, 2.05) is 0 Å². The molecule has 0 spiro atoms. The molecule has 0 aromatic heterocycles. The van der Waals surface area contributed by atoms with Gasteiger partial charge < -0.3 is 4.74 Å². The van der Waals surface area contributed by atoms with Crippen LogP contribution in [0.4, 0.5) is 0 Å². The maximum atomic E-state index is 12.0. The molecule has 2 rings (SSSR count). The van der Waals surface area contributed by atoms with Crippen LogP contribution in [0.15, 0.2) is 47.6 Å². The molecule has 1 amide bonds. The normalized spacial score (nSPS) is 10.6. The molecule has 0 aliphatic carbocycles. The Morgan fingerprint density at radius 3 is 2.48 bits per heavy atom. The van der Waals surface area contributed by atoms with Gasteiger partial charge in [-0.25, -0.2) is 5.43 Å². The van der Waals surface area contributed by atoms with Crippen molar-refractivity contribution < 1.29 is 9.53 Å². The number of hydrogen-bond acceptors (Lipinski definition) is 3. The molecule has 0 unspecified atom stereocenters. The molecule has 0 atom stereocenters. The Balaban J connectivity index is 2.12. The first-order valence-electron chi connectivity index (χ1n) is 6.04. The highest BCUT2D eigenvalue weighted by Crippen LogP contribution is 2.22. The average Bonchev–Trinajstić information content (AvgIpc) is 2.50. The number of halogens is 2. The minimum atomic E-state index is -0.383. The third-order valence-corrected chi connectivity index (χ3v) is 3.37. The lowest BCUT2D eigenvalue weighted by atomic mass is 10.2. The van der Waals surface area contributed by atoms with Crippen LogP contribution in [0.2, 0.25) is 10.0 Å². The first kappa shape index (κ1) is 15.4. The van der Waals surface area contributed by atoms with Crippen molar-refractivity contribution in [2.24, 2.45) is 5.10 Å². The third-order valence-electron chi connectivity index (χ3n) is 2.71. The third kappa shape index (κ3) is 3.74.